The standard InChI is InChI=1S/C24H26N2O/c1-4-16-6-5-7-17(12-16)13-19-22-20(14-24(2,3)15-21(22)27)26-23(19)18-8-10-25-11-9-18/h5-12,26H,4,13-15H2,1-3H3. The number of aromatic amines is 1. The quantitative estimate of drug-likeness (QED) is 0.680. The van der Waals surface area contributed by atoms with Gasteiger partial charge in [-0.25, -0.2) is 0 Å². The predicted octanol–water partition coefficient (Wildman–Crippen LogP) is 5.39. The van der Waals surface area contributed by atoms with E-state index in [0.717, 1.165) is 47.3 Å². The molecule has 0 saturated heterocycles. The molecule has 0 spiro atoms. The van der Waals surface area contributed by atoms with Crippen LogP contribution in [0.15, 0.2) is 48.8 Å². The highest BCUT2D eigenvalue weighted by atomic mass is 16.1. The number of nitrogens with zero attached hydrogens (tertiary/aromatic N) is 1. The summed E-state index contributed by atoms with van der Waals surface area (Å²) < 4.78 is 0. The second-order valence-corrected chi connectivity index (χ2v) is 8.36. The number of benzene rings is 1. The predicted molar refractivity (Wildman–Crippen MR) is 109 cm³/mol. The van der Waals surface area contributed by atoms with Gasteiger partial charge in [-0.15, -0.1) is 0 Å². The zero-order chi connectivity index (χ0) is 19.0. The van der Waals surface area contributed by atoms with Crippen molar-refractivity contribution in [2.45, 2.75) is 46.5 Å². The Labute approximate surface area is 160 Å². The zero-order valence-electron chi connectivity index (χ0n) is 16.3. The number of rotatable bonds is 4. The molecular formula is C24H26N2O. The van der Waals surface area contributed by atoms with E-state index in [0.29, 0.717) is 6.42 Å². The van der Waals surface area contributed by atoms with E-state index in [2.05, 4.69) is 55.0 Å². The average molecular weight is 358 g/mol. The molecule has 0 atom stereocenters. The molecule has 0 bridgehead atoms. The first-order chi connectivity index (χ1) is 13.0. The number of fused-ring (bicyclic) bond motifs is 1. The molecule has 0 fully saturated rings. The Kier molecular flexibility index (Phi) is 4.47. The van der Waals surface area contributed by atoms with Crippen LogP contribution in [0, 0.1) is 5.41 Å². The van der Waals surface area contributed by atoms with Crippen molar-refractivity contribution in [3.05, 3.63) is 76.7 Å². The normalized spacial score (nSPS) is 15.6. The first-order valence-electron chi connectivity index (χ1n) is 9.72. The van der Waals surface area contributed by atoms with Gasteiger partial charge in [-0.2, -0.15) is 0 Å². The Morgan fingerprint density at radius 1 is 1.07 bits per heavy atom. The number of carbonyl (C=O) groups is 1. The highest BCUT2D eigenvalue weighted by Crippen LogP contribution is 2.40. The van der Waals surface area contributed by atoms with Gasteiger partial charge >= 0.3 is 0 Å². The summed E-state index contributed by atoms with van der Waals surface area (Å²) in [5.41, 5.74) is 7.88. The second kappa shape index (κ2) is 6.80. The number of hydrogen-bond donors (Lipinski definition) is 1. The minimum atomic E-state index is 0.00382. The average Bonchev–Trinajstić information content (AvgIpc) is 2.99. The van der Waals surface area contributed by atoms with Gasteiger partial charge in [0.15, 0.2) is 5.78 Å². The lowest BCUT2D eigenvalue weighted by molar-refractivity contribution is 0.0911. The third-order valence-electron chi connectivity index (χ3n) is 5.50. The van der Waals surface area contributed by atoms with Crippen LogP contribution in [0.4, 0.5) is 0 Å². The van der Waals surface area contributed by atoms with Crippen molar-refractivity contribution < 1.29 is 4.79 Å². The number of aryl methyl sites for hydroxylation is 1. The largest absolute Gasteiger partial charge is 0.358 e. The van der Waals surface area contributed by atoms with Crippen LogP contribution in [0.25, 0.3) is 11.3 Å². The van der Waals surface area contributed by atoms with Gasteiger partial charge in [0, 0.05) is 42.1 Å². The topological polar surface area (TPSA) is 45.8 Å². The van der Waals surface area contributed by atoms with Gasteiger partial charge in [0.05, 0.1) is 5.69 Å². The molecule has 0 unspecified atom stereocenters. The van der Waals surface area contributed by atoms with Gasteiger partial charge in [0.1, 0.15) is 0 Å². The van der Waals surface area contributed by atoms with Crippen molar-refractivity contribution in [2.75, 3.05) is 0 Å². The third kappa shape index (κ3) is 3.46. The molecule has 1 N–H and O–H groups in total. The first-order valence-corrected chi connectivity index (χ1v) is 9.72. The summed E-state index contributed by atoms with van der Waals surface area (Å²) in [5, 5.41) is 0. The third-order valence-corrected chi connectivity index (χ3v) is 5.50. The summed E-state index contributed by atoms with van der Waals surface area (Å²) >= 11 is 0. The Balaban J connectivity index is 1.85. The van der Waals surface area contributed by atoms with Crippen LogP contribution < -0.4 is 0 Å². The molecule has 1 aliphatic rings. The number of carbonyl (C=O) groups excluding carboxylic acids is 1. The van der Waals surface area contributed by atoms with Gasteiger partial charge < -0.3 is 4.98 Å². The van der Waals surface area contributed by atoms with Crippen molar-refractivity contribution in [2.24, 2.45) is 5.41 Å². The van der Waals surface area contributed by atoms with Crippen molar-refractivity contribution in [1.82, 2.24) is 9.97 Å². The maximum Gasteiger partial charge on any atom is 0.165 e. The molecule has 2 heterocycles. The Bertz CT molecular complexity index is 983. The molecule has 1 aliphatic carbocycles. The molecule has 3 nitrogen and oxygen atoms in total. The maximum absolute atomic E-state index is 13.0. The summed E-state index contributed by atoms with van der Waals surface area (Å²) in [5.74, 6) is 0.263. The molecule has 0 amide bonds. The van der Waals surface area contributed by atoms with E-state index in [1.807, 2.05) is 24.5 Å². The van der Waals surface area contributed by atoms with E-state index in [1.165, 1.54) is 11.1 Å². The van der Waals surface area contributed by atoms with E-state index in [4.69, 9.17) is 0 Å². The zero-order valence-corrected chi connectivity index (χ0v) is 16.3. The van der Waals surface area contributed by atoms with Gasteiger partial charge in [-0.05, 0) is 47.1 Å². The molecule has 2 aromatic heterocycles. The number of Topliss-reactive ketones (excluding diaryl/α,β-unsaturated/α-hetero) is 1. The molecule has 4 rings (SSSR count). The lowest BCUT2D eigenvalue weighted by atomic mass is 9.75. The van der Waals surface area contributed by atoms with E-state index < -0.39 is 0 Å². The van der Waals surface area contributed by atoms with Crippen LogP contribution in [0.2, 0.25) is 0 Å². The van der Waals surface area contributed by atoms with E-state index in [1.54, 1.807) is 0 Å². The maximum atomic E-state index is 13.0. The summed E-state index contributed by atoms with van der Waals surface area (Å²) in [4.78, 5) is 20.8. The van der Waals surface area contributed by atoms with Crippen LogP contribution in [-0.4, -0.2) is 15.8 Å². The summed E-state index contributed by atoms with van der Waals surface area (Å²) in [6.45, 7) is 6.52. The van der Waals surface area contributed by atoms with Crippen LogP contribution in [0.3, 0.4) is 0 Å². The van der Waals surface area contributed by atoms with Gasteiger partial charge in [0.2, 0.25) is 0 Å². The van der Waals surface area contributed by atoms with E-state index >= 15 is 0 Å². The molecule has 3 aromatic rings. The van der Waals surface area contributed by atoms with Crippen LogP contribution in [0.5, 0.6) is 0 Å². The van der Waals surface area contributed by atoms with Crippen LogP contribution >= 0.6 is 0 Å². The molecule has 0 radical (unpaired) electrons. The Morgan fingerprint density at radius 3 is 2.56 bits per heavy atom. The van der Waals surface area contributed by atoms with Gasteiger partial charge in [-0.1, -0.05) is 45.0 Å². The number of aromatic nitrogens is 2. The number of nitrogens with one attached hydrogen (secondary N) is 1. The molecule has 1 aromatic carbocycles. The molecular weight excluding hydrogens is 332 g/mol. The number of hydrogen-bond acceptors (Lipinski definition) is 2. The Hall–Kier alpha value is -2.68. The summed E-state index contributed by atoms with van der Waals surface area (Å²) in [6.07, 6.45) is 6.91. The molecule has 138 valence electrons. The Morgan fingerprint density at radius 2 is 1.81 bits per heavy atom. The summed E-state index contributed by atoms with van der Waals surface area (Å²) in [7, 11) is 0. The highest BCUT2D eigenvalue weighted by molar-refractivity contribution is 6.02. The SMILES string of the molecule is CCc1cccc(Cc2c(-c3ccncc3)[nH]c3c2C(=O)CC(C)(C)C3)c1. The first kappa shape index (κ1) is 17.7. The van der Waals surface area contributed by atoms with E-state index in [9.17, 15) is 4.79 Å². The lowest BCUT2D eigenvalue weighted by Crippen LogP contribution is -2.27. The highest BCUT2D eigenvalue weighted by Gasteiger charge is 2.35. The fourth-order valence-corrected chi connectivity index (χ4v) is 4.23. The second-order valence-electron chi connectivity index (χ2n) is 8.36. The van der Waals surface area contributed by atoms with Crippen molar-refractivity contribution in [1.29, 1.82) is 0 Å². The molecule has 3 heteroatoms. The van der Waals surface area contributed by atoms with Crippen molar-refractivity contribution in [3.63, 3.8) is 0 Å². The number of ketones is 1. The fraction of sp³-hybridized carbons (Fsp3) is 0.333. The van der Waals surface area contributed by atoms with Gasteiger partial charge in [-0.3, -0.25) is 9.78 Å². The van der Waals surface area contributed by atoms with Crippen molar-refractivity contribution >= 4 is 5.78 Å². The monoisotopic (exact) mass is 358 g/mol. The number of H-pyrrole nitrogens is 1. The van der Waals surface area contributed by atoms with Gasteiger partial charge in [0.25, 0.3) is 0 Å². The minimum Gasteiger partial charge on any atom is -0.358 e. The minimum absolute atomic E-state index is 0.00382. The fourth-order valence-electron chi connectivity index (χ4n) is 4.23. The summed E-state index contributed by atoms with van der Waals surface area (Å²) in [6, 6.07) is 12.7. The lowest BCUT2D eigenvalue weighted by Gasteiger charge is -2.28. The van der Waals surface area contributed by atoms with Crippen LogP contribution in [0.1, 0.15) is 59.9 Å². The molecule has 0 saturated carbocycles. The molecule has 0 aliphatic heterocycles. The molecule has 27 heavy (non-hydrogen) atoms. The van der Waals surface area contributed by atoms with Crippen LogP contribution in [-0.2, 0) is 19.3 Å². The van der Waals surface area contributed by atoms with E-state index in [-0.39, 0.29) is 11.2 Å². The smallest absolute Gasteiger partial charge is 0.165 e. The van der Waals surface area contributed by atoms with Crippen molar-refractivity contribution in [3.8, 4) is 11.3 Å². The number of pyridine rings is 1.